The first kappa shape index (κ1) is 17.4. The second-order valence-electron chi connectivity index (χ2n) is 7.71. The van der Waals surface area contributed by atoms with E-state index in [9.17, 15) is 4.39 Å². The van der Waals surface area contributed by atoms with Gasteiger partial charge in [-0.2, -0.15) is 0 Å². The van der Waals surface area contributed by atoms with Crippen LogP contribution in [0.25, 0.3) is 11.1 Å². The van der Waals surface area contributed by atoms with Crippen LogP contribution in [0, 0.1) is 5.82 Å². The Hall–Kier alpha value is -2.01. The molecule has 1 atom stereocenters. The van der Waals surface area contributed by atoms with E-state index >= 15 is 0 Å². The fourth-order valence-electron chi connectivity index (χ4n) is 4.49. The molecule has 0 radical (unpaired) electrons. The Bertz CT molecular complexity index is 770. The third kappa shape index (κ3) is 3.32. The fourth-order valence-corrected chi connectivity index (χ4v) is 4.49. The molecule has 1 aromatic heterocycles. The minimum absolute atomic E-state index is 0.218. The Morgan fingerprint density at radius 1 is 1.12 bits per heavy atom. The molecule has 2 aliphatic rings. The number of nitrogens with zero attached hydrogens (tertiary/aromatic N) is 4. The van der Waals surface area contributed by atoms with Gasteiger partial charge in [0, 0.05) is 31.9 Å². The lowest BCUT2D eigenvalue weighted by atomic mass is 9.99. The molecule has 2 aromatic rings. The summed E-state index contributed by atoms with van der Waals surface area (Å²) in [7, 11) is 3.93. The van der Waals surface area contributed by atoms with E-state index in [1.807, 2.05) is 31.3 Å². The topological polar surface area (TPSA) is 32.3 Å². The van der Waals surface area contributed by atoms with Crippen LogP contribution >= 0.6 is 0 Å². The van der Waals surface area contributed by atoms with Crippen LogP contribution in [0.5, 0.6) is 0 Å². The molecule has 0 spiro atoms. The second kappa shape index (κ2) is 7.31. The third-order valence-electron chi connectivity index (χ3n) is 5.74. The summed E-state index contributed by atoms with van der Waals surface area (Å²) >= 11 is 0. The monoisotopic (exact) mass is 354 g/mol. The molecule has 1 aliphatic carbocycles. The fraction of sp³-hybridized carbons (Fsp3) is 0.524. The third-order valence-corrected chi connectivity index (χ3v) is 5.74. The number of aromatic nitrogens is 2. The predicted molar refractivity (Wildman–Crippen MR) is 103 cm³/mol. The highest BCUT2D eigenvalue weighted by Crippen LogP contribution is 2.41. The highest BCUT2D eigenvalue weighted by atomic mass is 19.1. The molecule has 5 heteroatoms. The molecule has 0 amide bonds. The lowest BCUT2D eigenvalue weighted by molar-refractivity contribution is 0.180. The van der Waals surface area contributed by atoms with E-state index in [1.165, 1.54) is 38.2 Å². The van der Waals surface area contributed by atoms with Crippen molar-refractivity contribution in [1.82, 2.24) is 14.9 Å². The van der Waals surface area contributed by atoms with Crippen LogP contribution in [0.2, 0.25) is 0 Å². The zero-order valence-electron chi connectivity index (χ0n) is 15.7. The van der Waals surface area contributed by atoms with Crippen LogP contribution < -0.4 is 4.90 Å². The summed E-state index contributed by atoms with van der Waals surface area (Å²) in [5.74, 6) is 0.502. The number of likely N-dealkylation sites (tertiary alicyclic amines) is 1. The maximum atomic E-state index is 13.8. The first-order valence-electron chi connectivity index (χ1n) is 9.69. The molecule has 1 unspecified atom stereocenters. The number of benzene rings is 1. The van der Waals surface area contributed by atoms with E-state index in [-0.39, 0.29) is 5.82 Å². The van der Waals surface area contributed by atoms with Gasteiger partial charge in [0.25, 0.3) is 0 Å². The van der Waals surface area contributed by atoms with E-state index in [4.69, 9.17) is 4.98 Å². The summed E-state index contributed by atoms with van der Waals surface area (Å²) in [5.41, 5.74) is 2.88. The van der Waals surface area contributed by atoms with E-state index in [1.54, 1.807) is 12.1 Å². The molecular formula is C21H27FN4. The summed E-state index contributed by atoms with van der Waals surface area (Å²) in [5, 5.41) is 0. The summed E-state index contributed by atoms with van der Waals surface area (Å²) in [6.07, 6.45) is 9.43. The van der Waals surface area contributed by atoms with Gasteiger partial charge in [0.1, 0.15) is 5.82 Å². The highest BCUT2D eigenvalue weighted by Gasteiger charge is 2.35. The first-order chi connectivity index (χ1) is 12.6. The standard InChI is InChI=1S/C21H27FN4/c1-25(2)21-23-14-18(15-7-5-8-16(22)13-15)20(24-21)19-11-6-12-26(19)17-9-3-4-10-17/h5,7-8,13-14,17,19H,3-4,6,9-12H2,1-2H3. The van der Waals surface area contributed by atoms with Crippen molar-refractivity contribution in [1.29, 1.82) is 0 Å². The Kier molecular flexibility index (Phi) is 4.90. The van der Waals surface area contributed by atoms with Gasteiger partial charge in [-0.05, 0) is 49.9 Å². The van der Waals surface area contributed by atoms with Crippen molar-refractivity contribution in [2.75, 3.05) is 25.5 Å². The number of hydrogen-bond acceptors (Lipinski definition) is 4. The molecule has 0 bridgehead atoms. The first-order valence-corrected chi connectivity index (χ1v) is 9.69. The average Bonchev–Trinajstić information content (AvgIpc) is 3.32. The molecule has 1 aliphatic heterocycles. The van der Waals surface area contributed by atoms with Crippen molar-refractivity contribution in [2.24, 2.45) is 0 Å². The number of rotatable bonds is 4. The van der Waals surface area contributed by atoms with Crippen LogP contribution in [0.3, 0.4) is 0 Å². The molecule has 4 rings (SSSR count). The lowest BCUT2D eigenvalue weighted by Gasteiger charge is -2.31. The van der Waals surface area contributed by atoms with Crippen molar-refractivity contribution < 1.29 is 4.39 Å². The Morgan fingerprint density at radius 2 is 1.92 bits per heavy atom. The zero-order valence-corrected chi connectivity index (χ0v) is 15.7. The van der Waals surface area contributed by atoms with Gasteiger partial charge < -0.3 is 4.90 Å². The summed E-state index contributed by atoms with van der Waals surface area (Å²) in [6, 6.07) is 7.76. The van der Waals surface area contributed by atoms with Gasteiger partial charge in [0.2, 0.25) is 5.95 Å². The van der Waals surface area contributed by atoms with Gasteiger partial charge in [0.15, 0.2) is 0 Å². The van der Waals surface area contributed by atoms with Crippen molar-refractivity contribution in [2.45, 2.75) is 50.6 Å². The van der Waals surface area contributed by atoms with E-state index in [0.29, 0.717) is 12.1 Å². The van der Waals surface area contributed by atoms with Gasteiger partial charge in [-0.25, -0.2) is 14.4 Å². The minimum Gasteiger partial charge on any atom is -0.347 e. The van der Waals surface area contributed by atoms with Gasteiger partial charge >= 0.3 is 0 Å². The summed E-state index contributed by atoms with van der Waals surface area (Å²) in [4.78, 5) is 14.0. The van der Waals surface area contributed by atoms with E-state index < -0.39 is 0 Å². The lowest BCUT2D eigenvalue weighted by Crippen LogP contribution is -2.33. The van der Waals surface area contributed by atoms with Gasteiger partial charge in [-0.15, -0.1) is 0 Å². The Labute approximate surface area is 155 Å². The van der Waals surface area contributed by atoms with Crippen molar-refractivity contribution >= 4 is 5.95 Å². The van der Waals surface area contributed by atoms with E-state index in [0.717, 1.165) is 35.7 Å². The van der Waals surface area contributed by atoms with Crippen LogP contribution in [-0.4, -0.2) is 41.5 Å². The molecule has 1 saturated carbocycles. The van der Waals surface area contributed by atoms with Crippen LogP contribution in [0.1, 0.15) is 50.3 Å². The Morgan fingerprint density at radius 3 is 2.65 bits per heavy atom. The summed E-state index contributed by atoms with van der Waals surface area (Å²) in [6.45, 7) is 1.14. The van der Waals surface area contributed by atoms with Crippen LogP contribution in [0.15, 0.2) is 30.5 Å². The summed E-state index contributed by atoms with van der Waals surface area (Å²) < 4.78 is 13.8. The van der Waals surface area contributed by atoms with Gasteiger partial charge in [0.05, 0.1) is 11.7 Å². The maximum Gasteiger partial charge on any atom is 0.225 e. The van der Waals surface area contributed by atoms with Crippen molar-refractivity contribution in [3.8, 4) is 11.1 Å². The molecule has 138 valence electrons. The minimum atomic E-state index is -0.218. The maximum absolute atomic E-state index is 13.8. The zero-order chi connectivity index (χ0) is 18.1. The van der Waals surface area contributed by atoms with Crippen molar-refractivity contribution in [3.05, 3.63) is 42.0 Å². The van der Waals surface area contributed by atoms with Crippen LogP contribution in [-0.2, 0) is 0 Å². The smallest absolute Gasteiger partial charge is 0.225 e. The van der Waals surface area contributed by atoms with Gasteiger partial charge in [-0.3, -0.25) is 4.90 Å². The molecule has 1 saturated heterocycles. The normalized spacial score (nSPS) is 21.4. The largest absolute Gasteiger partial charge is 0.347 e. The quantitative estimate of drug-likeness (QED) is 0.813. The SMILES string of the molecule is CN(C)c1ncc(-c2cccc(F)c2)c(C2CCCN2C2CCCC2)n1. The number of anilines is 1. The highest BCUT2D eigenvalue weighted by molar-refractivity contribution is 5.66. The second-order valence-corrected chi connectivity index (χ2v) is 7.71. The Balaban J connectivity index is 1.78. The molecule has 4 nitrogen and oxygen atoms in total. The van der Waals surface area contributed by atoms with E-state index in [2.05, 4.69) is 9.88 Å². The molecule has 2 heterocycles. The molecule has 1 aromatic carbocycles. The average molecular weight is 354 g/mol. The molecule has 2 fully saturated rings. The predicted octanol–water partition coefficient (Wildman–Crippen LogP) is 4.43. The van der Waals surface area contributed by atoms with Crippen molar-refractivity contribution in [3.63, 3.8) is 0 Å². The molecular weight excluding hydrogens is 327 g/mol. The number of halogens is 1. The van der Waals surface area contributed by atoms with Gasteiger partial charge in [-0.1, -0.05) is 25.0 Å². The molecule has 0 N–H and O–H groups in total. The number of hydrogen-bond donors (Lipinski definition) is 0. The molecule has 26 heavy (non-hydrogen) atoms. The van der Waals surface area contributed by atoms with Crippen LogP contribution in [0.4, 0.5) is 10.3 Å².